The lowest BCUT2D eigenvalue weighted by Gasteiger charge is -2.31. The average Bonchev–Trinajstić information content (AvgIpc) is 2.89. The normalized spacial score (nSPS) is 26.8. The van der Waals surface area contributed by atoms with Crippen molar-refractivity contribution in [3.63, 3.8) is 0 Å². The number of hydrogen-bond donors (Lipinski definition) is 3. The second-order valence-corrected chi connectivity index (χ2v) is 14.4. The quantitative estimate of drug-likeness (QED) is 0.253. The van der Waals surface area contributed by atoms with E-state index in [1.807, 2.05) is 41.5 Å². The zero-order chi connectivity index (χ0) is 34.8. The van der Waals surface area contributed by atoms with E-state index in [1.54, 1.807) is 41.5 Å². The van der Waals surface area contributed by atoms with Crippen LogP contribution in [0.4, 0.5) is 0 Å². The van der Waals surface area contributed by atoms with E-state index < -0.39 is 89.8 Å². The molecule has 0 aromatic heterocycles. The van der Waals surface area contributed by atoms with E-state index in [9.17, 15) is 28.8 Å². The second-order valence-electron chi connectivity index (χ2n) is 14.4. The maximum Gasteiger partial charge on any atom is 0.329 e. The van der Waals surface area contributed by atoms with Crippen LogP contribution in [0, 0.1) is 35.5 Å². The van der Waals surface area contributed by atoms with Gasteiger partial charge in [0.15, 0.2) is 18.3 Å². The number of cyclic esters (lactones) is 3. The van der Waals surface area contributed by atoms with E-state index in [-0.39, 0.29) is 37.0 Å². The van der Waals surface area contributed by atoms with Crippen molar-refractivity contribution >= 4 is 35.6 Å². The molecule has 0 aromatic carbocycles. The minimum absolute atomic E-state index is 0.0446. The van der Waals surface area contributed by atoms with Gasteiger partial charge in [-0.2, -0.15) is 0 Å². The van der Waals surface area contributed by atoms with Crippen LogP contribution in [0.3, 0.4) is 0 Å². The number of rotatable bonds is 9. The molecule has 258 valence electrons. The van der Waals surface area contributed by atoms with Crippen molar-refractivity contribution in [1.29, 1.82) is 0 Å². The summed E-state index contributed by atoms with van der Waals surface area (Å²) in [6.07, 6.45) is -3.28. The van der Waals surface area contributed by atoms with Crippen molar-refractivity contribution in [2.75, 3.05) is 0 Å². The Hall–Kier alpha value is -3.18. The fraction of sp³-hybridized carbons (Fsp3) is 0.818. The topological polar surface area (TPSA) is 166 Å². The molecular weight excluding hydrogens is 582 g/mol. The molecule has 0 aliphatic carbocycles. The molecule has 1 heterocycles. The average molecular weight is 640 g/mol. The van der Waals surface area contributed by atoms with E-state index in [4.69, 9.17) is 14.2 Å². The Kier molecular flexibility index (Phi) is 16.0. The first kappa shape index (κ1) is 39.8. The van der Waals surface area contributed by atoms with Crippen molar-refractivity contribution in [3.8, 4) is 0 Å². The largest absolute Gasteiger partial charge is 0.450 e. The maximum absolute atomic E-state index is 13.5. The molecule has 6 atom stereocenters. The molecule has 3 N–H and O–H groups in total. The summed E-state index contributed by atoms with van der Waals surface area (Å²) in [6.45, 7) is 21.3. The molecule has 1 aliphatic rings. The van der Waals surface area contributed by atoms with Crippen LogP contribution in [0.1, 0.15) is 102 Å². The van der Waals surface area contributed by atoms with Gasteiger partial charge < -0.3 is 30.2 Å². The molecule has 45 heavy (non-hydrogen) atoms. The third kappa shape index (κ3) is 13.0. The van der Waals surface area contributed by atoms with Crippen LogP contribution in [-0.2, 0) is 43.0 Å². The first-order valence-electron chi connectivity index (χ1n) is 16.3. The highest BCUT2D eigenvalue weighted by Gasteiger charge is 2.39. The molecular formula is C33H57N3O9. The highest BCUT2D eigenvalue weighted by molar-refractivity contribution is 5.94. The molecule has 0 bridgehead atoms. The molecule has 0 aromatic rings. The van der Waals surface area contributed by atoms with Crippen LogP contribution in [-0.4, -0.2) is 72.1 Å². The fourth-order valence-corrected chi connectivity index (χ4v) is 4.92. The van der Waals surface area contributed by atoms with Crippen LogP contribution in [0.2, 0.25) is 0 Å². The number of hydrogen-bond acceptors (Lipinski definition) is 9. The van der Waals surface area contributed by atoms with Gasteiger partial charge >= 0.3 is 17.9 Å². The summed E-state index contributed by atoms with van der Waals surface area (Å²) in [5, 5.41) is 8.02. The van der Waals surface area contributed by atoms with Gasteiger partial charge in [0, 0.05) is 0 Å². The molecule has 1 saturated heterocycles. The molecule has 3 amide bonds. The van der Waals surface area contributed by atoms with E-state index in [0.717, 1.165) is 0 Å². The first-order valence-corrected chi connectivity index (χ1v) is 16.3. The van der Waals surface area contributed by atoms with E-state index >= 15 is 0 Å². The Labute approximate surface area is 268 Å². The van der Waals surface area contributed by atoms with Crippen molar-refractivity contribution in [1.82, 2.24) is 16.0 Å². The number of ether oxygens (including phenoxy) is 3. The van der Waals surface area contributed by atoms with Gasteiger partial charge in [-0.1, -0.05) is 83.1 Å². The first-order chi connectivity index (χ1) is 20.7. The highest BCUT2D eigenvalue weighted by atomic mass is 16.6. The summed E-state index contributed by atoms with van der Waals surface area (Å²) in [6, 6.07) is -3.42. The van der Waals surface area contributed by atoms with Crippen molar-refractivity contribution in [2.24, 2.45) is 35.5 Å². The summed E-state index contributed by atoms with van der Waals surface area (Å²) in [4.78, 5) is 81.0. The lowest BCUT2D eigenvalue weighted by atomic mass is 9.99. The number of esters is 3. The minimum Gasteiger partial charge on any atom is -0.450 e. The minimum atomic E-state index is -1.29. The Morgan fingerprint density at radius 3 is 0.778 bits per heavy atom. The maximum atomic E-state index is 13.5. The number of carbonyl (C=O) groups excluding carboxylic acids is 6. The smallest absolute Gasteiger partial charge is 0.329 e. The summed E-state index contributed by atoms with van der Waals surface area (Å²) >= 11 is 0. The Bertz CT molecular complexity index is 910. The third-order valence-corrected chi connectivity index (χ3v) is 7.25. The van der Waals surface area contributed by atoms with Gasteiger partial charge in [0.25, 0.3) is 17.7 Å². The van der Waals surface area contributed by atoms with Crippen LogP contribution in [0.15, 0.2) is 0 Å². The lowest BCUT2D eigenvalue weighted by Crippen LogP contribution is -2.55. The fourth-order valence-electron chi connectivity index (χ4n) is 4.92. The highest BCUT2D eigenvalue weighted by Crippen LogP contribution is 2.19. The second kappa shape index (κ2) is 18.1. The van der Waals surface area contributed by atoms with Crippen LogP contribution < -0.4 is 16.0 Å². The summed E-state index contributed by atoms with van der Waals surface area (Å²) in [7, 11) is 0. The molecule has 0 radical (unpaired) electrons. The van der Waals surface area contributed by atoms with Gasteiger partial charge in [0.1, 0.15) is 18.1 Å². The molecule has 1 fully saturated rings. The van der Waals surface area contributed by atoms with Crippen LogP contribution in [0.25, 0.3) is 0 Å². The van der Waals surface area contributed by atoms with Gasteiger partial charge in [0.2, 0.25) is 0 Å². The van der Waals surface area contributed by atoms with Gasteiger partial charge in [-0.3, -0.25) is 14.4 Å². The number of amides is 3. The van der Waals surface area contributed by atoms with Crippen molar-refractivity contribution < 1.29 is 43.0 Å². The van der Waals surface area contributed by atoms with Crippen LogP contribution >= 0.6 is 0 Å². The summed E-state index contributed by atoms with van der Waals surface area (Å²) < 4.78 is 17.1. The molecule has 1 aliphatic heterocycles. The molecule has 12 nitrogen and oxygen atoms in total. The summed E-state index contributed by atoms with van der Waals surface area (Å²) in [5.41, 5.74) is 0. The number of nitrogens with one attached hydrogen (secondary N) is 3. The molecule has 1 rings (SSSR count). The zero-order valence-electron chi connectivity index (χ0n) is 29.2. The predicted octanol–water partition coefficient (Wildman–Crippen LogP) is 3.30. The predicted molar refractivity (Wildman–Crippen MR) is 168 cm³/mol. The zero-order valence-corrected chi connectivity index (χ0v) is 29.2. The molecule has 12 heteroatoms. The van der Waals surface area contributed by atoms with Gasteiger partial charge in [-0.25, -0.2) is 14.4 Å². The SMILES string of the molecule is CC(C)C[C@@H]1NC(=O)[C@@H](C(C)C)OC(=O)[C@H](CC(C)C)NC(=O)[C@@H](C(C)C)OC(=O)[C@H](CC(C)C)NC(=O)[C@@H](C(C)C)OC1=O. The molecule has 0 unspecified atom stereocenters. The standard InChI is InChI=1S/C33H57N3O9/c1-16(2)13-22-31(40)43-26(20(9)10)29(38)35-24(15-18(5)6)33(42)45-27(21(11)12)30(39)36-23(14-17(3)4)32(41)44-25(19(7)8)28(37)34-22/h16-27H,13-15H2,1-12H3,(H,34,37)(H,35,38)(H,36,39)/t22-,23-,24-,25+,26+,27+/m0/s1. The van der Waals surface area contributed by atoms with E-state index in [0.29, 0.717) is 0 Å². The monoisotopic (exact) mass is 639 g/mol. The number of carbonyl (C=O) groups is 6. The molecule has 0 spiro atoms. The van der Waals surface area contributed by atoms with Gasteiger partial charge in [-0.05, 0) is 54.8 Å². The Morgan fingerprint density at radius 2 is 0.622 bits per heavy atom. The van der Waals surface area contributed by atoms with Gasteiger partial charge in [0.05, 0.1) is 0 Å². The van der Waals surface area contributed by atoms with Gasteiger partial charge in [-0.15, -0.1) is 0 Å². The Morgan fingerprint density at radius 1 is 0.422 bits per heavy atom. The third-order valence-electron chi connectivity index (χ3n) is 7.25. The summed E-state index contributed by atoms with van der Waals surface area (Å²) in [5.74, 6) is -6.16. The molecule has 0 saturated carbocycles. The van der Waals surface area contributed by atoms with Crippen molar-refractivity contribution in [2.45, 2.75) is 139 Å². The Balaban J connectivity index is 3.72. The van der Waals surface area contributed by atoms with Crippen molar-refractivity contribution in [3.05, 3.63) is 0 Å². The lowest BCUT2D eigenvalue weighted by molar-refractivity contribution is -0.168. The van der Waals surface area contributed by atoms with Crippen LogP contribution in [0.5, 0.6) is 0 Å². The van der Waals surface area contributed by atoms with E-state index in [1.165, 1.54) is 0 Å². The van der Waals surface area contributed by atoms with E-state index in [2.05, 4.69) is 16.0 Å².